The van der Waals surface area contributed by atoms with Crippen LogP contribution < -0.4 is 5.32 Å². The summed E-state index contributed by atoms with van der Waals surface area (Å²) in [4.78, 5) is 11.9. The summed E-state index contributed by atoms with van der Waals surface area (Å²) in [6.07, 6.45) is 0. The van der Waals surface area contributed by atoms with Crippen LogP contribution in [0.5, 0.6) is 5.75 Å². The number of carbonyl (C=O) groups is 1. The van der Waals surface area contributed by atoms with Gasteiger partial charge in [0.1, 0.15) is 11.6 Å². The highest BCUT2D eigenvalue weighted by Gasteiger charge is 2.12. The molecule has 0 saturated carbocycles. The van der Waals surface area contributed by atoms with Gasteiger partial charge < -0.3 is 10.4 Å². The number of carbonyl (C=O) groups excluding carboxylic acids is 1. The molecule has 0 saturated heterocycles. The van der Waals surface area contributed by atoms with E-state index in [1.54, 1.807) is 25.1 Å². The first kappa shape index (κ1) is 13.5. The Balaban J connectivity index is 2.23. The molecule has 1 amide bonds. The Kier molecular flexibility index (Phi) is 3.85. The molecule has 0 radical (unpaired) electrons. The van der Waals surface area contributed by atoms with Gasteiger partial charge >= 0.3 is 0 Å². The van der Waals surface area contributed by atoms with E-state index in [0.717, 1.165) is 0 Å². The third-order valence-corrected chi connectivity index (χ3v) is 3.13. The van der Waals surface area contributed by atoms with Crippen LogP contribution in [0, 0.1) is 12.7 Å². The normalized spacial score (nSPS) is 10.3. The molecular weight excluding hydrogens is 313 g/mol. The van der Waals surface area contributed by atoms with Gasteiger partial charge in [-0.2, -0.15) is 0 Å². The third kappa shape index (κ3) is 3.12. The van der Waals surface area contributed by atoms with E-state index in [-0.39, 0.29) is 11.3 Å². The minimum Gasteiger partial charge on any atom is -0.507 e. The van der Waals surface area contributed by atoms with Gasteiger partial charge in [0.2, 0.25) is 0 Å². The molecule has 2 rings (SSSR count). The smallest absolute Gasteiger partial charge is 0.259 e. The summed E-state index contributed by atoms with van der Waals surface area (Å²) < 4.78 is 14.0. The van der Waals surface area contributed by atoms with Crippen molar-refractivity contribution in [3.63, 3.8) is 0 Å². The van der Waals surface area contributed by atoms with Crippen molar-refractivity contribution < 1.29 is 14.3 Å². The van der Waals surface area contributed by atoms with Crippen molar-refractivity contribution in [2.75, 3.05) is 5.32 Å². The fourth-order valence-electron chi connectivity index (χ4n) is 1.57. The molecule has 0 aliphatic carbocycles. The van der Waals surface area contributed by atoms with Crippen molar-refractivity contribution in [1.29, 1.82) is 0 Å². The lowest BCUT2D eigenvalue weighted by molar-refractivity contribution is 0.102. The number of anilines is 1. The van der Waals surface area contributed by atoms with Crippen LogP contribution in [-0.2, 0) is 0 Å². The number of phenols is 1. The predicted molar refractivity (Wildman–Crippen MR) is 74.9 cm³/mol. The van der Waals surface area contributed by atoms with E-state index in [0.29, 0.717) is 15.7 Å². The highest BCUT2D eigenvalue weighted by molar-refractivity contribution is 9.10. The quantitative estimate of drug-likeness (QED) is 0.881. The number of amides is 1. The zero-order valence-corrected chi connectivity index (χ0v) is 11.7. The zero-order chi connectivity index (χ0) is 14.0. The lowest BCUT2D eigenvalue weighted by Crippen LogP contribution is -2.12. The Hall–Kier alpha value is -1.88. The predicted octanol–water partition coefficient (Wildman–Crippen LogP) is 3.85. The standard InChI is InChI=1S/C14H11BrFNO2/c1-8-2-4-10(7-12(8)16)17-14(19)11-5-3-9(15)6-13(11)18/h2-7,18H,1H3,(H,17,19). The van der Waals surface area contributed by atoms with Crippen molar-refractivity contribution in [1.82, 2.24) is 0 Å². The van der Waals surface area contributed by atoms with Gasteiger partial charge in [-0.15, -0.1) is 0 Å². The van der Waals surface area contributed by atoms with Crippen LogP contribution in [0.2, 0.25) is 0 Å². The molecule has 3 nitrogen and oxygen atoms in total. The summed E-state index contributed by atoms with van der Waals surface area (Å²) in [6.45, 7) is 1.64. The van der Waals surface area contributed by atoms with Gasteiger partial charge in [0.25, 0.3) is 5.91 Å². The Morgan fingerprint density at radius 2 is 2.00 bits per heavy atom. The fourth-order valence-corrected chi connectivity index (χ4v) is 1.91. The monoisotopic (exact) mass is 323 g/mol. The van der Waals surface area contributed by atoms with Gasteiger partial charge in [-0.25, -0.2) is 4.39 Å². The van der Waals surface area contributed by atoms with Crippen LogP contribution in [-0.4, -0.2) is 11.0 Å². The molecule has 2 N–H and O–H groups in total. The number of aromatic hydroxyl groups is 1. The molecule has 2 aromatic rings. The summed E-state index contributed by atoms with van der Waals surface area (Å²) in [5.41, 5.74) is 0.976. The highest BCUT2D eigenvalue weighted by Crippen LogP contribution is 2.23. The van der Waals surface area contributed by atoms with Crippen molar-refractivity contribution >= 4 is 27.5 Å². The Morgan fingerprint density at radius 1 is 1.26 bits per heavy atom. The molecule has 0 aliphatic heterocycles. The van der Waals surface area contributed by atoms with E-state index in [2.05, 4.69) is 21.2 Å². The highest BCUT2D eigenvalue weighted by atomic mass is 79.9. The molecule has 98 valence electrons. The average Bonchev–Trinajstić information content (AvgIpc) is 2.33. The molecule has 19 heavy (non-hydrogen) atoms. The summed E-state index contributed by atoms with van der Waals surface area (Å²) in [5.74, 6) is -1.02. The first-order valence-electron chi connectivity index (χ1n) is 5.53. The van der Waals surface area contributed by atoms with Crippen molar-refractivity contribution in [3.05, 3.63) is 57.8 Å². The van der Waals surface area contributed by atoms with E-state index in [1.807, 2.05) is 0 Å². The molecular formula is C14H11BrFNO2. The number of aryl methyl sites for hydroxylation is 1. The van der Waals surface area contributed by atoms with Crippen LogP contribution in [0.1, 0.15) is 15.9 Å². The SMILES string of the molecule is Cc1ccc(NC(=O)c2ccc(Br)cc2O)cc1F. The molecule has 0 fully saturated rings. The van der Waals surface area contributed by atoms with Crippen LogP contribution in [0.15, 0.2) is 40.9 Å². The maximum absolute atomic E-state index is 13.4. The van der Waals surface area contributed by atoms with Crippen molar-refractivity contribution in [3.8, 4) is 5.75 Å². The summed E-state index contributed by atoms with van der Waals surface area (Å²) in [7, 11) is 0. The van der Waals surface area contributed by atoms with E-state index < -0.39 is 11.7 Å². The number of halogens is 2. The van der Waals surface area contributed by atoms with Crippen LogP contribution >= 0.6 is 15.9 Å². The van der Waals surface area contributed by atoms with Gasteiger partial charge in [0.05, 0.1) is 5.56 Å². The average molecular weight is 324 g/mol. The first-order valence-corrected chi connectivity index (χ1v) is 6.32. The van der Waals surface area contributed by atoms with Crippen LogP contribution in [0.4, 0.5) is 10.1 Å². The van der Waals surface area contributed by atoms with E-state index in [9.17, 15) is 14.3 Å². The van der Waals surface area contributed by atoms with Gasteiger partial charge in [0.15, 0.2) is 0 Å². The van der Waals surface area contributed by atoms with Crippen LogP contribution in [0.3, 0.4) is 0 Å². The Labute approximate surface area is 118 Å². The van der Waals surface area contributed by atoms with Gasteiger partial charge in [0, 0.05) is 10.2 Å². The molecule has 0 aliphatic rings. The van der Waals surface area contributed by atoms with E-state index in [1.165, 1.54) is 18.2 Å². The second kappa shape index (κ2) is 5.40. The number of hydrogen-bond acceptors (Lipinski definition) is 2. The number of phenolic OH excluding ortho intramolecular Hbond substituents is 1. The zero-order valence-electron chi connectivity index (χ0n) is 10.1. The second-order valence-electron chi connectivity index (χ2n) is 4.08. The number of rotatable bonds is 2. The number of nitrogens with one attached hydrogen (secondary N) is 1. The number of benzene rings is 2. The summed E-state index contributed by atoms with van der Waals surface area (Å²) >= 11 is 3.19. The molecule has 0 aromatic heterocycles. The maximum Gasteiger partial charge on any atom is 0.259 e. The van der Waals surface area contributed by atoms with Crippen LogP contribution in [0.25, 0.3) is 0 Å². The lowest BCUT2D eigenvalue weighted by atomic mass is 10.1. The van der Waals surface area contributed by atoms with E-state index >= 15 is 0 Å². The van der Waals surface area contributed by atoms with E-state index in [4.69, 9.17) is 0 Å². The molecule has 5 heteroatoms. The topological polar surface area (TPSA) is 49.3 Å². The molecule has 2 aromatic carbocycles. The third-order valence-electron chi connectivity index (χ3n) is 2.63. The Bertz CT molecular complexity index is 643. The molecule has 0 bridgehead atoms. The minimum absolute atomic E-state index is 0.129. The largest absolute Gasteiger partial charge is 0.507 e. The molecule has 0 atom stereocenters. The van der Waals surface area contributed by atoms with Crippen molar-refractivity contribution in [2.45, 2.75) is 6.92 Å². The lowest BCUT2D eigenvalue weighted by Gasteiger charge is -2.08. The first-order chi connectivity index (χ1) is 8.97. The van der Waals surface area contributed by atoms with Gasteiger partial charge in [-0.05, 0) is 42.8 Å². The molecule has 0 unspecified atom stereocenters. The molecule has 0 heterocycles. The Morgan fingerprint density at radius 3 is 2.63 bits per heavy atom. The minimum atomic E-state index is -0.492. The summed E-state index contributed by atoms with van der Waals surface area (Å²) in [6, 6.07) is 8.97. The van der Waals surface area contributed by atoms with Gasteiger partial charge in [-0.3, -0.25) is 4.79 Å². The second-order valence-corrected chi connectivity index (χ2v) is 5.00. The summed E-state index contributed by atoms with van der Waals surface area (Å²) in [5, 5.41) is 12.2. The van der Waals surface area contributed by atoms with Gasteiger partial charge in [-0.1, -0.05) is 22.0 Å². The fraction of sp³-hybridized carbons (Fsp3) is 0.0714. The molecule has 0 spiro atoms. The van der Waals surface area contributed by atoms with Crippen molar-refractivity contribution in [2.24, 2.45) is 0 Å². The number of hydrogen-bond donors (Lipinski definition) is 2. The maximum atomic E-state index is 13.4.